The summed E-state index contributed by atoms with van der Waals surface area (Å²) in [7, 11) is 0. The van der Waals surface area contributed by atoms with E-state index in [1.54, 1.807) is 0 Å². The molecule has 2 heteroatoms. The van der Waals surface area contributed by atoms with Crippen LogP contribution in [0, 0.1) is 11.8 Å². The molecule has 0 amide bonds. The van der Waals surface area contributed by atoms with E-state index >= 15 is 0 Å². The highest BCUT2D eigenvalue weighted by atomic mass is 16.5. The maximum atomic E-state index is 5.82. The molecular weight excluding hydrogens is 210 g/mol. The van der Waals surface area contributed by atoms with Crippen LogP contribution in [0.2, 0.25) is 0 Å². The molecule has 2 nitrogen and oxygen atoms in total. The number of likely N-dealkylation sites (N-methyl/N-ethyl adjacent to an activating group) is 1. The predicted octanol–water partition coefficient (Wildman–Crippen LogP) is 3.61. The second-order valence-electron chi connectivity index (χ2n) is 5.44. The summed E-state index contributed by atoms with van der Waals surface area (Å²) in [5, 5.41) is 3.66. The summed E-state index contributed by atoms with van der Waals surface area (Å²) in [6.07, 6.45) is 7.31. The molecule has 17 heavy (non-hydrogen) atoms. The van der Waals surface area contributed by atoms with Crippen LogP contribution in [0.3, 0.4) is 0 Å². The van der Waals surface area contributed by atoms with Crippen molar-refractivity contribution in [3.05, 3.63) is 0 Å². The first-order valence-corrected chi connectivity index (χ1v) is 7.57. The minimum absolute atomic E-state index is 0.348. The topological polar surface area (TPSA) is 21.3 Å². The molecular formula is C15H31NO. The lowest BCUT2D eigenvalue weighted by molar-refractivity contribution is 0.0195. The molecule has 1 fully saturated rings. The van der Waals surface area contributed by atoms with Crippen molar-refractivity contribution in [3.8, 4) is 0 Å². The Bertz CT molecular complexity index is 195. The normalized spacial score (nSPS) is 28.9. The second kappa shape index (κ2) is 8.10. The Morgan fingerprint density at radius 2 is 2.00 bits per heavy atom. The molecule has 1 N–H and O–H groups in total. The van der Waals surface area contributed by atoms with Crippen molar-refractivity contribution in [2.24, 2.45) is 11.8 Å². The van der Waals surface area contributed by atoms with Crippen LogP contribution in [0.15, 0.2) is 0 Å². The molecule has 0 aliphatic heterocycles. The standard InChI is InChI=1S/C15H31NO/c1-5-13-9-8-10-14(11-13)15(16-6-2)12(4)17-7-3/h12-16H,5-11H2,1-4H3. The lowest BCUT2D eigenvalue weighted by Gasteiger charge is -2.37. The van der Waals surface area contributed by atoms with Crippen molar-refractivity contribution >= 4 is 0 Å². The number of hydrogen-bond donors (Lipinski definition) is 1. The molecule has 0 saturated heterocycles. The molecule has 1 aliphatic rings. The van der Waals surface area contributed by atoms with Crippen LogP contribution in [-0.2, 0) is 4.74 Å². The summed E-state index contributed by atoms with van der Waals surface area (Å²) in [5.41, 5.74) is 0. The van der Waals surface area contributed by atoms with Gasteiger partial charge in [-0.15, -0.1) is 0 Å². The molecule has 0 aromatic rings. The average Bonchev–Trinajstić information content (AvgIpc) is 2.36. The Balaban J connectivity index is 2.55. The van der Waals surface area contributed by atoms with Crippen molar-refractivity contribution in [1.29, 1.82) is 0 Å². The van der Waals surface area contributed by atoms with Gasteiger partial charge in [0, 0.05) is 12.6 Å². The number of nitrogens with one attached hydrogen (secondary N) is 1. The van der Waals surface area contributed by atoms with E-state index in [-0.39, 0.29) is 0 Å². The van der Waals surface area contributed by atoms with Gasteiger partial charge < -0.3 is 10.1 Å². The summed E-state index contributed by atoms with van der Waals surface area (Å²) in [5.74, 6) is 1.76. The fourth-order valence-electron chi connectivity index (χ4n) is 3.35. The third-order valence-corrected chi connectivity index (χ3v) is 4.28. The molecule has 0 heterocycles. The largest absolute Gasteiger partial charge is 0.377 e. The van der Waals surface area contributed by atoms with Gasteiger partial charge in [-0.3, -0.25) is 0 Å². The first-order valence-electron chi connectivity index (χ1n) is 7.57. The molecule has 0 aromatic carbocycles. The zero-order valence-electron chi connectivity index (χ0n) is 12.2. The highest BCUT2D eigenvalue weighted by Crippen LogP contribution is 2.34. The first-order chi connectivity index (χ1) is 8.22. The molecule has 0 aromatic heterocycles. The zero-order chi connectivity index (χ0) is 12.7. The lowest BCUT2D eigenvalue weighted by Crippen LogP contribution is -2.46. The molecule has 0 spiro atoms. The van der Waals surface area contributed by atoms with Crippen LogP contribution >= 0.6 is 0 Å². The molecule has 0 radical (unpaired) electrons. The van der Waals surface area contributed by atoms with Gasteiger partial charge in [0.05, 0.1) is 6.10 Å². The minimum Gasteiger partial charge on any atom is -0.377 e. The quantitative estimate of drug-likeness (QED) is 0.735. The highest BCUT2D eigenvalue weighted by Gasteiger charge is 2.30. The van der Waals surface area contributed by atoms with Crippen molar-refractivity contribution in [1.82, 2.24) is 5.32 Å². The van der Waals surface area contributed by atoms with E-state index in [4.69, 9.17) is 4.74 Å². The Hall–Kier alpha value is -0.0800. The van der Waals surface area contributed by atoms with Gasteiger partial charge in [0.15, 0.2) is 0 Å². The number of ether oxygens (including phenoxy) is 1. The van der Waals surface area contributed by atoms with Gasteiger partial charge in [-0.2, -0.15) is 0 Å². The van der Waals surface area contributed by atoms with Gasteiger partial charge in [-0.1, -0.05) is 33.1 Å². The summed E-state index contributed by atoms with van der Waals surface area (Å²) in [6.45, 7) is 10.7. The summed E-state index contributed by atoms with van der Waals surface area (Å²) >= 11 is 0. The van der Waals surface area contributed by atoms with E-state index in [1.165, 1.54) is 32.1 Å². The Kier molecular flexibility index (Phi) is 7.14. The number of rotatable bonds is 7. The van der Waals surface area contributed by atoms with Crippen LogP contribution in [0.1, 0.15) is 59.8 Å². The average molecular weight is 241 g/mol. The van der Waals surface area contributed by atoms with Crippen LogP contribution < -0.4 is 5.32 Å². The van der Waals surface area contributed by atoms with E-state index in [1.807, 2.05) is 0 Å². The van der Waals surface area contributed by atoms with Crippen LogP contribution in [0.4, 0.5) is 0 Å². The fraction of sp³-hybridized carbons (Fsp3) is 1.00. The van der Waals surface area contributed by atoms with Crippen molar-refractivity contribution in [2.45, 2.75) is 71.9 Å². The zero-order valence-corrected chi connectivity index (χ0v) is 12.2. The molecule has 1 rings (SSSR count). The van der Waals surface area contributed by atoms with Gasteiger partial charge >= 0.3 is 0 Å². The van der Waals surface area contributed by atoms with E-state index < -0.39 is 0 Å². The molecule has 0 bridgehead atoms. The van der Waals surface area contributed by atoms with Crippen molar-refractivity contribution < 1.29 is 4.74 Å². The van der Waals surface area contributed by atoms with E-state index in [9.17, 15) is 0 Å². The Labute approximate surface area is 108 Å². The van der Waals surface area contributed by atoms with Gasteiger partial charge in [-0.05, 0) is 45.1 Å². The molecule has 102 valence electrons. The summed E-state index contributed by atoms with van der Waals surface area (Å²) < 4.78 is 5.82. The molecule has 1 aliphatic carbocycles. The smallest absolute Gasteiger partial charge is 0.0702 e. The third-order valence-electron chi connectivity index (χ3n) is 4.28. The van der Waals surface area contributed by atoms with E-state index in [0.29, 0.717) is 12.1 Å². The van der Waals surface area contributed by atoms with E-state index in [0.717, 1.165) is 25.0 Å². The molecule has 4 atom stereocenters. The fourth-order valence-corrected chi connectivity index (χ4v) is 3.35. The third kappa shape index (κ3) is 4.59. The highest BCUT2D eigenvalue weighted by molar-refractivity contribution is 4.85. The lowest BCUT2D eigenvalue weighted by atomic mass is 9.75. The van der Waals surface area contributed by atoms with Crippen LogP contribution in [-0.4, -0.2) is 25.3 Å². The summed E-state index contributed by atoms with van der Waals surface area (Å²) in [4.78, 5) is 0. The second-order valence-corrected chi connectivity index (χ2v) is 5.44. The van der Waals surface area contributed by atoms with Crippen LogP contribution in [0.25, 0.3) is 0 Å². The summed E-state index contributed by atoms with van der Waals surface area (Å²) in [6, 6.07) is 0.550. The molecule has 1 saturated carbocycles. The maximum Gasteiger partial charge on any atom is 0.0702 e. The van der Waals surface area contributed by atoms with E-state index in [2.05, 4.69) is 33.0 Å². The van der Waals surface area contributed by atoms with Crippen molar-refractivity contribution in [3.63, 3.8) is 0 Å². The number of hydrogen-bond acceptors (Lipinski definition) is 2. The Morgan fingerprint density at radius 1 is 1.24 bits per heavy atom. The van der Waals surface area contributed by atoms with Gasteiger partial charge in [0.2, 0.25) is 0 Å². The van der Waals surface area contributed by atoms with Crippen molar-refractivity contribution in [2.75, 3.05) is 13.2 Å². The first kappa shape index (κ1) is 15.0. The van der Waals surface area contributed by atoms with Crippen LogP contribution in [0.5, 0.6) is 0 Å². The van der Waals surface area contributed by atoms with Gasteiger partial charge in [-0.25, -0.2) is 0 Å². The maximum absolute atomic E-state index is 5.82. The minimum atomic E-state index is 0.348. The monoisotopic (exact) mass is 241 g/mol. The molecule has 4 unspecified atom stereocenters. The van der Waals surface area contributed by atoms with Gasteiger partial charge in [0.1, 0.15) is 0 Å². The Morgan fingerprint density at radius 3 is 2.59 bits per heavy atom. The SMILES string of the molecule is CCNC(C1CCCC(CC)C1)C(C)OCC. The predicted molar refractivity (Wildman–Crippen MR) is 74.3 cm³/mol. The van der Waals surface area contributed by atoms with Gasteiger partial charge in [0.25, 0.3) is 0 Å².